The predicted octanol–water partition coefficient (Wildman–Crippen LogP) is 2.53. The van der Waals surface area contributed by atoms with Gasteiger partial charge >= 0.3 is 0 Å². The monoisotopic (exact) mass is 323 g/mol. The van der Waals surface area contributed by atoms with Crippen LogP contribution in [0.2, 0.25) is 10.3 Å². The van der Waals surface area contributed by atoms with E-state index in [-0.39, 0.29) is 16.2 Å². The van der Waals surface area contributed by atoms with E-state index in [4.69, 9.17) is 23.2 Å². The summed E-state index contributed by atoms with van der Waals surface area (Å²) in [4.78, 5) is 13.4. The molecule has 0 saturated carbocycles. The molecule has 1 aromatic rings. The maximum absolute atomic E-state index is 11.8. The van der Waals surface area contributed by atoms with Gasteiger partial charge in [-0.3, -0.25) is 4.79 Å². The van der Waals surface area contributed by atoms with Crippen LogP contribution >= 0.6 is 39.1 Å². The molecule has 0 radical (unpaired) electrons. The molecule has 1 aliphatic rings. The molecule has 7 heteroatoms. The lowest BCUT2D eigenvalue weighted by Gasteiger charge is -2.16. The van der Waals surface area contributed by atoms with Gasteiger partial charge in [0.2, 0.25) is 5.91 Å². The van der Waals surface area contributed by atoms with E-state index in [2.05, 4.69) is 26.1 Å². The molecule has 0 spiro atoms. The number of halogens is 3. The number of aromatic nitrogens is 2. The zero-order valence-electron chi connectivity index (χ0n) is 8.16. The van der Waals surface area contributed by atoms with E-state index in [0.29, 0.717) is 24.6 Å². The van der Waals surface area contributed by atoms with Crippen LogP contribution in [0.15, 0.2) is 6.07 Å². The molecule has 0 aromatic carbocycles. The summed E-state index contributed by atoms with van der Waals surface area (Å²) in [5.41, 5.74) is 0.537. The van der Waals surface area contributed by atoms with E-state index >= 15 is 0 Å². The molecule has 4 nitrogen and oxygen atoms in total. The molecule has 0 N–H and O–H groups in total. The van der Waals surface area contributed by atoms with Crippen molar-refractivity contribution in [1.29, 1.82) is 0 Å². The van der Waals surface area contributed by atoms with Crippen LogP contribution in [0.25, 0.3) is 0 Å². The molecular weight excluding hydrogens is 317 g/mol. The number of hydrogen-bond donors (Lipinski definition) is 0. The highest BCUT2D eigenvalue weighted by Crippen LogP contribution is 2.31. The SMILES string of the molecule is O=C1CC(CBr)CN1c1cc(Cl)nnc1Cl. The van der Waals surface area contributed by atoms with Crippen LogP contribution in [-0.2, 0) is 4.79 Å². The lowest BCUT2D eigenvalue weighted by molar-refractivity contribution is -0.117. The van der Waals surface area contributed by atoms with Gasteiger partial charge in [-0.15, -0.1) is 10.2 Å². The molecule has 1 unspecified atom stereocenters. The summed E-state index contributed by atoms with van der Waals surface area (Å²) in [6, 6.07) is 1.56. The summed E-state index contributed by atoms with van der Waals surface area (Å²) in [7, 11) is 0. The van der Waals surface area contributed by atoms with Crippen LogP contribution in [0.5, 0.6) is 0 Å². The fourth-order valence-electron chi connectivity index (χ4n) is 1.65. The van der Waals surface area contributed by atoms with Crippen molar-refractivity contribution in [2.75, 3.05) is 16.8 Å². The first-order valence-electron chi connectivity index (χ1n) is 4.67. The second-order valence-corrected chi connectivity index (χ2v) is 4.96. The third kappa shape index (κ3) is 2.31. The van der Waals surface area contributed by atoms with Crippen molar-refractivity contribution in [2.24, 2.45) is 5.92 Å². The van der Waals surface area contributed by atoms with Crippen molar-refractivity contribution in [3.8, 4) is 0 Å². The molecule has 1 fully saturated rings. The molecule has 16 heavy (non-hydrogen) atoms. The van der Waals surface area contributed by atoms with Crippen molar-refractivity contribution >= 4 is 50.7 Å². The molecule has 86 valence electrons. The molecular formula is C9H8BrCl2N3O. The Balaban J connectivity index is 2.30. The largest absolute Gasteiger partial charge is 0.309 e. The lowest BCUT2D eigenvalue weighted by atomic mass is 10.2. The Morgan fingerprint density at radius 1 is 1.50 bits per heavy atom. The first-order chi connectivity index (χ1) is 7.61. The van der Waals surface area contributed by atoms with E-state index in [0.717, 1.165) is 5.33 Å². The Hall–Kier alpha value is -0.390. The summed E-state index contributed by atoms with van der Waals surface area (Å²) in [5, 5.41) is 8.52. The van der Waals surface area contributed by atoms with Gasteiger partial charge in [0.15, 0.2) is 10.3 Å². The molecule has 1 atom stereocenters. The van der Waals surface area contributed by atoms with Crippen molar-refractivity contribution in [1.82, 2.24) is 10.2 Å². The summed E-state index contributed by atoms with van der Waals surface area (Å²) >= 11 is 15.0. The van der Waals surface area contributed by atoms with Crippen LogP contribution in [0, 0.1) is 5.92 Å². The highest BCUT2D eigenvalue weighted by atomic mass is 79.9. The van der Waals surface area contributed by atoms with Gasteiger partial charge in [0.25, 0.3) is 0 Å². The zero-order valence-corrected chi connectivity index (χ0v) is 11.3. The van der Waals surface area contributed by atoms with Crippen LogP contribution in [-0.4, -0.2) is 28.0 Å². The van der Waals surface area contributed by atoms with E-state index in [1.165, 1.54) is 0 Å². The van der Waals surface area contributed by atoms with Crippen LogP contribution < -0.4 is 4.90 Å². The van der Waals surface area contributed by atoms with Gasteiger partial charge in [-0.1, -0.05) is 39.1 Å². The summed E-state index contributed by atoms with van der Waals surface area (Å²) < 4.78 is 0. The second-order valence-electron chi connectivity index (χ2n) is 3.57. The van der Waals surface area contributed by atoms with Gasteiger partial charge in [-0.05, 0) is 5.92 Å². The highest BCUT2D eigenvalue weighted by Gasteiger charge is 2.31. The highest BCUT2D eigenvalue weighted by molar-refractivity contribution is 9.09. The maximum atomic E-state index is 11.8. The number of rotatable bonds is 2. The third-order valence-electron chi connectivity index (χ3n) is 2.41. The molecule has 1 saturated heterocycles. The molecule has 1 aromatic heterocycles. The number of nitrogens with zero attached hydrogens (tertiary/aromatic N) is 3. The first kappa shape index (κ1) is 12.1. The fourth-order valence-corrected chi connectivity index (χ4v) is 2.42. The van der Waals surface area contributed by atoms with Crippen molar-refractivity contribution < 1.29 is 4.79 Å². The molecule has 2 heterocycles. The Morgan fingerprint density at radius 2 is 2.25 bits per heavy atom. The summed E-state index contributed by atoms with van der Waals surface area (Å²) in [5.74, 6) is 0.339. The summed E-state index contributed by atoms with van der Waals surface area (Å²) in [6.07, 6.45) is 0.515. The Morgan fingerprint density at radius 3 is 2.88 bits per heavy atom. The standard InChI is InChI=1S/C9H8BrCl2N3O/c10-3-5-1-8(16)15(4-5)6-2-7(11)13-14-9(6)12/h2,5H,1,3-4H2. The van der Waals surface area contributed by atoms with Crippen molar-refractivity contribution in [2.45, 2.75) is 6.42 Å². The van der Waals surface area contributed by atoms with Gasteiger partial charge in [-0.2, -0.15) is 0 Å². The average molecular weight is 325 g/mol. The van der Waals surface area contributed by atoms with Gasteiger partial charge in [0.05, 0.1) is 5.69 Å². The smallest absolute Gasteiger partial charge is 0.227 e. The number of amides is 1. The minimum absolute atomic E-state index is 0.0374. The number of alkyl halides is 1. The minimum Gasteiger partial charge on any atom is -0.309 e. The fraction of sp³-hybridized carbons (Fsp3) is 0.444. The quantitative estimate of drug-likeness (QED) is 0.785. The molecule has 0 aliphatic carbocycles. The van der Waals surface area contributed by atoms with E-state index in [1.807, 2.05) is 0 Å². The maximum Gasteiger partial charge on any atom is 0.227 e. The molecule has 2 rings (SSSR count). The lowest BCUT2D eigenvalue weighted by Crippen LogP contribution is -2.25. The van der Waals surface area contributed by atoms with E-state index in [9.17, 15) is 4.79 Å². The average Bonchev–Trinajstić information content (AvgIpc) is 2.63. The Labute approximate surface area is 111 Å². The Bertz CT molecular complexity index is 429. The number of carbonyl (C=O) groups is 1. The van der Waals surface area contributed by atoms with Crippen LogP contribution in [0.3, 0.4) is 0 Å². The normalized spacial score (nSPS) is 20.6. The van der Waals surface area contributed by atoms with Crippen molar-refractivity contribution in [3.63, 3.8) is 0 Å². The minimum atomic E-state index is 0.0374. The molecule has 1 aliphatic heterocycles. The first-order valence-corrected chi connectivity index (χ1v) is 6.54. The summed E-state index contributed by atoms with van der Waals surface area (Å²) in [6.45, 7) is 0.631. The third-order valence-corrected chi connectivity index (χ3v) is 3.78. The van der Waals surface area contributed by atoms with E-state index in [1.54, 1.807) is 11.0 Å². The van der Waals surface area contributed by atoms with Gasteiger partial charge in [0.1, 0.15) is 0 Å². The zero-order chi connectivity index (χ0) is 11.7. The Kier molecular flexibility index (Phi) is 3.66. The van der Waals surface area contributed by atoms with Gasteiger partial charge in [-0.25, -0.2) is 0 Å². The number of carbonyl (C=O) groups excluding carboxylic acids is 1. The van der Waals surface area contributed by atoms with Gasteiger partial charge in [0, 0.05) is 24.4 Å². The predicted molar refractivity (Wildman–Crippen MR) is 66.3 cm³/mol. The molecule has 1 amide bonds. The topological polar surface area (TPSA) is 46.1 Å². The van der Waals surface area contributed by atoms with E-state index < -0.39 is 0 Å². The number of anilines is 1. The van der Waals surface area contributed by atoms with Gasteiger partial charge < -0.3 is 4.90 Å². The number of hydrogen-bond acceptors (Lipinski definition) is 3. The van der Waals surface area contributed by atoms with Crippen LogP contribution in [0.4, 0.5) is 5.69 Å². The van der Waals surface area contributed by atoms with Crippen LogP contribution in [0.1, 0.15) is 6.42 Å². The molecule has 0 bridgehead atoms. The second kappa shape index (κ2) is 4.85. The van der Waals surface area contributed by atoms with Crippen molar-refractivity contribution in [3.05, 3.63) is 16.4 Å².